The van der Waals surface area contributed by atoms with Crippen LogP contribution in [0, 0.1) is 0 Å². The number of hydrogen-bond acceptors (Lipinski definition) is 2. The molecule has 0 bridgehead atoms. The molecule has 1 atom stereocenters. The Kier molecular flexibility index (Phi) is 4.88. The Morgan fingerprint density at radius 3 is 1.64 bits per heavy atom. The topological polar surface area (TPSA) is 34.1 Å². The standard InChI is InChI=1S/C16H11F6O2P/c1-25(24,10-6-3-2-4-7-10)14(23)13-11(15(17,18)19)8-5-9-12(13)16(20,21)22/h2-9H,1H3. The highest BCUT2D eigenvalue weighted by Crippen LogP contribution is 2.49. The molecule has 0 aliphatic carbocycles. The van der Waals surface area contributed by atoms with Crippen molar-refractivity contribution in [1.29, 1.82) is 0 Å². The molecule has 0 heterocycles. The zero-order chi connectivity index (χ0) is 19.0. The van der Waals surface area contributed by atoms with Crippen molar-refractivity contribution in [3.8, 4) is 0 Å². The van der Waals surface area contributed by atoms with E-state index < -0.39 is 41.7 Å². The zero-order valence-electron chi connectivity index (χ0n) is 12.7. The lowest BCUT2D eigenvalue weighted by atomic mass is 10.0. The van der Waals surface area contributed by atoms with Crippen LogP contribution in [0.1, 0.15) is 21.5 Å². The maximum atomic E-state index is 13.2. The molecule has 0 saturated carbocycles. The minimum atomic E-state index is -5.21. The van der Waals surface area contributed by atoms with E-state index in [-0.39, 0.29) is 5.30 Å². The van der Waals surface area contributed by atoms with Crippen LogP contribution in [-0.4, -0.2) is 12.2 Å². The SMILES string of the molecule is CP(=O)(C(=O)c1c(C(F)(F)F)cccc1C(F)(F)F)c1ccccc1. The number of hydrogen-bond donors (Lipinski definition) is 0. The summed E-state index contributed by atoms with van der Waals surface area (Å²) in [7, 11) is -4.19. The highest BCUT2D eigenvalue weighted by Gasteiger charge is 2.45. The monoisotopic (exact) mass is 380 g/mol. The van der Waals surface area contributed by atoms with Gasteiger partial charge in [0.1, 0.15) is 0 Å². The van der Waals surface area contributed by atoms with Crippen molar-refractivity contribution < 1.29 is 35.7 Å². The number of alkyl halides is 6. The zero-order valence-corrected chi connectivity index (χ0v) is 13.5. The van der Waals surface area contributed by atoms with Crippen molar-refractivity contribution in [1.82, 2.24) is 0 Å². The van der Waals surface area contributed by atoms with Gasteiger partial charge in [-0.25, -0.2) is 0 Å². The van der Waals surface area contributed by atoms with Gasteiger partial charge in [0.25, 0.3) is 0 Å². The van der Waals surface area contributed by atoms with E-state index in [1.165, 1.54) is 30.3 Å². The van der Waals surface area contributed by atoms with Gasteiger partial charge in [0.05, 0.1) is 16.7 Å². The first kappa shape index (κ1) is 19.2. The first-order chi connectivity index (χ1) is 11.4. The minimum absolute atomic E-state index is 0.120. The van der Waals surface area contributed by atoms with Gasteiger partial charge in [-0.1, -0.05) is 36.4 Å². The van der Waals surface area contributed by atoms with E-state index in [1.807, 2.05) is 0 Å². The Bertz CT molecular complexity index is 808. The third-order valence-corrected chi connectivity index (χ3v) is 5.81. The van der Waals surface area contributed by atoms with Crippen molar-refractivity contribution in [2.75, 3.05) is 6.66 Å². The lowest BCUT2D eigenvalue weighted by Gasteiger charge is -2.20. The molecule has 0 radical (unpaired) electrons. The van der Waals surface area contributed by atoms with Crippen LogP contribution in [0.5, 0.6) is 0 Å². The van der Waals surface area contributed by atoms with E-state index in [9.17, 15) is 35.7 Å². The molecule has 0 fully saturated rings. The summed E-state index contributed by atoms with van der Waals surface area (Å²) < 4.78 is 91.7. The highest BCUT2D eigenvalue weighted by atomic mass is 31.2. The van der Waals surface area contributed by atoms with Gasteiger partial charge in [-0.2, -0.15) is 26.3 Å². The van der Waals surface area contributed by atoms with Crippen molar-refractivity contribution in [2.45, 2.75) is 12.4 Å². The van der Waals surface area contributed by atoms with E-state index in [4.69, 9.17) is 0 Å². The molecule has 2 aromatic rings. The molecular weight excluding hydrogens is 369 g/mol. The predicted octanol–water partition coefficient (Wildman–Crippen LogP) is 5.18. The van der Waals surface area contributed by atoms with Crippen molar-refractivity contribution >= 4 is 18.0 Å². The van der Waals surface area contributed by atoms with Crippen molar-refractivity contribution in [3.63, 3.8) is 0 Å². The second-order valence-electron chi connectivity index (χ2n) is 5.29. The van der Waals surface area contributed by atoms with Gasteiger partial charge >= 0.3 is 12.4 Å². The van der Waals surface area contributed by atoms with E-state index in [0.29, 0.717) is 18.2 Å². The maximum Gasteiger partial charge on any atom is 0.417 e. The molecule has 2 rings (SSSR count). The number of carbonyl (C=O) groups excluding carboxylic acids is 1. The van der Waals surface area contributed by atoms with Gasteiger partial charge in [0, 0.05) is 12.0 Å². The van der Waals surface area contributed by atoms with Gasteiger partial charge in [0.2, 0.25) is 5.52 Å². The molecule has 25 heavy (non-hydrogen) atoms. The van der Waals surface area contributed by atoms with Crippen molar-refractivity contribution in [3.05, 3.63) is 65.2 Å². The van der Waals surface area contributed by atoms with E-state index in [1.54, 1.807) is 0 Å². The second kappa shape index (κ2) is 6.33. The smallest absolute Gasteiger partial charge is 0.310 e. The fraction of sp³-hybridized carbons (Fsp3) is 0.188. The molecule has 0 saturated heterocycles. The van der Waals surface area contributed by atoms with Crippen LogP contribution < -0.4 is 5.30 Å². The molecule has 0 aliphatic heterocycles. The van der Waals surface area contributed by atoms with Crippen molar-refractivity contribution in [2.24, 2.45) is 0 Å². The average Bonchev–Trinajstić information content (AvgIpc) is 2.52. The van der Waals surface area contributed by atoms with E-state index in [0.717, 1.165) is 6.66 Å². The Labute approximate surface area is 138 Å². The molecule has 134 valence electrons. The lowest BCUT2D eigenvalue weighted by Crippen LogP contribution is -2.22. The molecule has 1 unspecified atom stereocenters. The second-order valence-corrected chi connectivity index (χ2v) is 8.06. The number of benzene rings is 2. The summed E-state index contributed by atoms with van der Waals surface area (Å²) >= 11 is 0. The quantitative estimate of drug-likeness (QED) is 0.543. The summed E-state index contributed by atoms with van der Waals surface area (Å²) in [4.78, 5) is 12.5. The summed E-state index contributed by atoms with van der Waals surface area (Å²) in [6, 6.07) is 8.04. The molecule has 2 aromatic carbocycles. The van der Waals surface area contributed by atoms with Gasteiger partial charge in [0.15, 0.2) is 7.14 Å². The van der Waals surface area contributed by atoms with E-state index >= 15 is 0 Å². The Balaban J connectivity index is 2.77. The fourth-order valence-corrected chi connectivity index (χ4v) is 3.94. The van der Waals surface area contributed by atoms with Gasteiger partial charge in [-0.3, -0.25) is 4.79 Å². The van der Waals surface area contributed by atoms with Crippen LogP contribution in [0.2, 0.25) is 0 Å². The van der Waals surface area contributed by atoms with Crippen LogP contribution in [0.4, 0.5) is 26.3 Å². The summed E-state index contributed by atoms with van der Waals surface area (Å²) in [5, 5.41) is -0.120. The minimum Gasteiger partial charge on any atom is -0.310 e. The summed E-state index contributed by atoms with van der Waals surface area (Å²) in [6.45, 7) is 0.859. The van der Waals surface area contributed by atoms with Crippen LogP contribution >= 0.6 is 7.14 Å². The fourth-order valence-electron chi connectivity index (χ4n) is 2.30. The Morgan fingerprint density at radius 2 is 1.24 bits per heavy atom. The molecule has 0 N–H and O–H groups in total. The third kappa shape index (κ3) is 3.79. The largest absolute Gasteiger partial charge is 0.417 e. The molecule has 0 aromatic heterocycles. The van der Waals surface area contributed by atoms with Crippen LogP contribution in [-0.2, 0) is 16.9 Å². The highest BCUT2D eigenvalue weighted by molar-refractivity contribution is 7.86. The van der Waals surface area contributed by atoms with Crippen LogP contribution in [0.15, 0.2) is 48.5 Å². The first-order valence-electron chi connectivity index (χ1n) is 6.82. The molecular formula is C16H11F6O2P. The normalized spacial score (nSPS) is 14.8. The first-order valence-corrected chi connectivity index (χ1v) is 8.97. The third-order valence-electron chi connectivity index (χ3n) is 3.53. The molecule has 9 heteroatoms. The molecule has 0 amide bonds. The number of rotatable bonds is 3. The molecule has 0 spiro atoms. The maximum absolute atomic E-state index is 13.2. The molecule has 0 aliphatic rings. The average molecular weight is 380 g/mol. The van der Waals surface area contributed by atoms with E-state index in [2.05, 4.69) is 0 Å². The molecule has 2 nitrogen and oxygen atoms in total. The van der Waals surface area contributed by atoms with Crippen LogP contribution in [0.3, 0.4) is 0 Å². The van der Waals surface area contributed by atoms with Gasteiger partial charge in [-0.05, 0) is 12.1 Å². The van der Waals surface area contributed by atoms with Gasteiger partial charge in [-0.15, -0.1) is 0 Å². The Hall–Kier alpha value is -2.08. The number of halogens is 6. The van der Waals surface area contributed by atoms with Gasteiger partial charge < -0.3 is 4.57 Å². The number of carbonyl (C=O) groups is 1. The van der Waals surface area contributed by atoms with Crippen LogP contribution in [0.25, 0.3) is 0 Å². The summed E-state index contributed by atoms with van der Waals surface area (Å²) in [5.74, 6) is 0. The lowest BCUT2D eigenvalue weighted by molar-refractivity contribution is -0.143. The Morgan fingerprint density at radius 1 is 0.800 bits per heavy atom. The summed E-state index contributed by atoms with van der Waals surface area (Å²) in [6.07, 6.45) is -10.4. The summed E-state index contributed by atoms with van der Waals surface area (Å²) in [5.41, 5.74) is -6.81. The predicted molar refractivity (Wildman–Crippen MR) is 80.4 cm³/mol.